The van der Waals surface area contributed by atoms with E-state index in [2.05, 4.69) is 5.32 Å². The summed E-state index contributed by atoms with van der Waals surface area (Å²) in [6.07, 6.45) is -0.574. The highest BCUT2D eigenvalue weighted by atomic mass is 32.2. The molecule has 2 N–H and O–H groups in total. The van der Waals surface area contributed by atoms with Gasteiger partial charge in [-0.15, -0.1) is 0 Å². The lowest BCUT2D eigenvalue weighted by atomic mass is 10.2. The molecule has 0 aliphatic heterocycles. The zero-order chi connectivity index (χ0) is 11.4. The van der Waals surface area contributed by atoms with Crippen LogP contribution in [0.1, 0.15) is 27.7 Å². The minimum atomic E-state index is -1.92. The maximum absolute atomic E-state index is 11.1. The molecule has 5 nitrogen and oxygen atoms in total. The second kappa shape index (κ2) is 5.31. The van der Waals surface area contributed by atoms with Crippen molar-refractivity contribution in [3.63, 3.8) is 0 Å². The van der Waals surface area contributed by atoms with Crippen molar-refractivity contribution >= 4 is 17.2 Å². The number of carbonyl (C=O) groups is 1. The van der Waals surface area contributed by atoms with E-state index >= 15 is 0 Å². The van der Waals surface area contributed by atoms with Gasteiger partial charge in [0.2, 0.25) is 0 Å². The highest BCUT2D eigenvalue weighted by Crippen LogP contribution is 2.06. The summed E-state index contributed by atoms with van der Waals surface area (Å²) < 4.78 is 24.1. The van der Waals surface area contributed by atoms with Crippen LogP contribution >= 0.6 is 0 Å². The molecule has 0 aromatic carbocycles. The van der Waals surface area contributed by atoms with E-state index in [1.54, 1.807) is 27.7 Å². The van der Waals surface area contributed by atoms with Crippen molar-refractivity contribution < 1.29 is 18.3 Å². The Balaban J connectivity index is 3.81. The summed E-state index contributed by atoms with van der Waals surface area (Å²) >= 11 is -1.92. The lowest BCUT2D eigenvalue weighted by Gasteiger charge is -2.20. The largest absolute Gasteiger partial charge is 0.444 e. The number of rotatable bonds is 3. The standard InChI is InChI=1S/C8H17NO4S/c1-6(14(11)12)5-9-7(10)13-8(2,3)4/h6H,5H2,1-4H3,(H,9,10)(H,11,12)/t6-/m1/s1. The monoisotopic (exact) mass is 223 g/mol. The van der Waals surface area contributed by atoms with Crippen molar-refractivity contribution in [1.29, 1.82) is 0 Å². The quantitative estimate of drug-likeness (QED) is 0.703. The van der Waals surface area contributed by atoms with Crippen LogP contribution in [-0.2, 0) is 15.8 Å². The Hall–Kier alpha value is -0.620. The molecule has 1 amide bonds. The number of ether oxygens (including phenoxy) is 1. The SMILES string of the molecule is C[C@H](CNC(=O)OC(C)(C)C)S(=O)O. The molecule has 2 atom stereocenters. The normalized spacial score (nSPS) is 15.8. The van der Waals surface area contributed by atoms with Crippen LogP contribution in [0.2, 0.25) is 0 Å². The Kier molecular flexibility index (Phi) is 5.07. The van der Waals surface area contributed by atoms with Crippen LogP contribution in [0.5, 0.6) is 0 Å². The third-order valence-electron chi connectivity index (χ3n) is 1.28. The van der Waals surface area contributed by atoms with Gasteiger partial charge in [0.25, 0.3) is 0 Å². The van der Waals surface area contributed by atoms with Crippen molar-refractivity contribution in [1.82, 2.24) is 5.32 Å². The highest BCUT2D eigenvalue weighted by Gasteiger charge is 2.17. The molecule has 0 rings (SSSR count). The number of carbonyl (C=O) groups excluding carboxylic acids is 1. The first kappa shape index (κ1) is 13.4. The summed E-state index contributed by atoms with van der Waals surface area (Å²) in [7, 11) is 0. The van der Waals surface area contributed by atoms with Crippen LogP contribution in [0, 0.1) is 0 Å². The molecule has 0 saturated carbocycles. The van der Waals surface area contributed by atoms with Gasteiger partial charge in [0.05, 0.1) is 5.25 Å². The molecule has 0 spiro atoms. The molecule has 0 aliphatic rings. The van der Waals surface area contributed by atoms with E-state index in [1.165, 1.54) is 0 Å². The number of amides is 1. The van der Waals surface area contributed by atoms with Gasteiger partial charge in [-0.05, 0) is 27.7 Å². The minimum absolute atomic E-state index is 0.123. The van der Waals surface area contributed by atoms with Crippen LogP contribution in [0.4, 0.5) is 4.79 Å². The molecule has 0 fully saturated rings. The topological polar surface area (TPSA) is 75.6 Å². The maximum atomic E-state index is 11.1. The summed E-state index contributed by atoms with van der Waals surface area (Å²) in [4.78, 5) is 11.1. The molecule has 0 aromatic rings. The molecule has 6 heteroatoms. The lowest BCUT2D eigenvalue weighted by molar-refractivity contribution is 0.0528. The van der Waals surface area contributed by atoms with Crippen LogP contribution in [0.15, 0.2) is 0 Å². The molecule has 0 heterocycles. The van der Waals surface area contributed by atoms with E-state index in [4.69, 9.17) is 9.29 Å². The van der Waals surface area contributed by atoms with Gasteiger partial charge in [-0.2, -0.15) is 0 Å². The number of alkyl carbamates (subject to hydrolysis) is 1. The van der Waals surface area contributed by atoms with Crippen molar-refractivity contribution in [2.45, 2.75) is 38.5 Å². The second-order valence-corrected chi connectivity index (χ2v) is 5.33. The molecule has 84 valence electrons. The first-order valence-corrected chi connectivity index (χ1v) is 5.46. The van der Waals surface area contributed by atoms with Crippen LogP contribution in [-0.4, -0.2) is 32.3 Å². The summed E-state index contributed by atoms with van der Waals surface area (Å²) in [5.74, 6) is 0. The molecule has 0 radical (unpaired) electrons. The fourth-order valence-electron chi connectivity index (χ4n) is 0.613. The van der Waals surface area contributed by atoms with Gasteiger partial charge >= 0.3 is 6.09 Å². The molecular weight excluding hydrogens is 206 g/mol. The predicted octanol–water partition coefficient (Wildman–Crippen LogP) is 1.12. The molecule has 0 aromatic heterocycles. The van der Waals surface area contributed by atoms with Gasteiger partial charge in [-0.1, -0.05) is 0 Å². The first-order valence-electron chi connectivity index (χ1n) is 4.29. The third kappa shape index (κ3) is 6.85. The van der Waals surface area contributed by atoms with Gasteiger partial charge in [0, 0.05) is 6.54 Å². The van der Waals surface area contributed by atoms with Gasteiger partial charge in [0.15, 0.2) is 11.1 Å². The first-order chi connectivity index (χ1) is 6.22. The molecule has 14 heavy (non-hydrogen) atoms. The van der Waals surface area contributed by atoms with Crippen molar-refractivity contribution in [2.24, 2.45) is 0 Å². The fourth-order valence-corrected chi connectivity index (χ4v) is 0.838. The average Bonchev–Trinajstić information content (AvgIpc) is 1.96. The number of hydrogen-bond donors (Lipinski definition) is 2. The van der Waals surface area contributed by atoms with E-state index in [-0.39, 0.29) is 6.54 Å². The van der Waals surface area contributed by atoms with E-state index in [0.717, 1.165) is 0 Å². The molecule has 0 saturated heterocycles. The Morgan fingerprint density at radius 3 is 2.43 bits per heavy atom. The molecule has 0 aliphatic carbocycles. The molecule has 1 unspecified atom stereocenters. The average molecular weight is 223 g/mol. The van der Waals surface area contributed by atoms with Crippen molar-refractivity contribution in [2.75, 3.05) is 6.54 Å². The maximum Gasteiger partial charge on any atom is 0.407 e. The van der Waals surface area contributed by atoms with Gasteiger partial charge in [-0.25, -0.2) is 9.00 Å². The van der Waals surface area contributed by atoms with Crippen LogP contribution in [0.25, 0.3) is 0 Å². The predicted molar refractivity (Wildman–Crippen MR) is 54.5 cm³/mol. The molecule has 0 bridgehead atoms. The van der Waals surface area contributed by atoms with Crippen LogP contribution < -0.4 is 5.32 Å². The van der Waals surface area contributed by atoms with Gasteiger partial charge in [-0.3, -0.25) is 0 Å². The fraction of sp³-hybridized carbons (Fsp3) is 0.875. The summed E-state index contributed by atoms with van der Waals surface area (Å²) in [6, 6.07) is 0. The summed E-state index contributed by atoms with van der Waals surface area (Å²) in [5.41, 5.74) is -0.550. The minimum Gasteiger partial charge on any atom is -0.444 e. The van der Waals surface area contributed by atoms with Crippen molar-refractivity contribution in [3.05, 3.63) is 0 Å². The van der Waals surface area contributed by atoms with E-state index < -0.39 is 28.0 Å². The second-order valence-electron chi connectivity index (χ2n) is 3.97. The van der Waals surface area contributed by atoms with E-state index in [0.29, 0.717) is 0 Å². The number of nitrogens with one attached hydrogen (secondary N) is 1. The third-order valence-corrected chi connectivity index (χ3v) is 2.13. The Bertz CT molecular complexity index is 224. The van der Waals surface area contributed by atoms with E-state index in [1.807, 2.05) is 0 Å². The van der Waals surface area contributed by atoms with Crippen LogP contribution in [0.3, 0.4) is 0 Å². The summed E-state index contributed by atoms with van der Waals surface area (Å²) in [5, 5.41) is 1.91. The Morgan fingerprint density at radius 1 is 1.57 bits per heavy atom. The Labute approximate surface area is 86.5 Å². The zero-order valence-corrected chi connectivity index (χ0v) is 9.68. The van der Waals surface area contributed by atoms with Crippen molar-refractivity contribution in [3.8, 4) is 0 Å². The van der Waals surface area contributed by atoms with Gasteiger partial charge in [0.1, 0.15) is 5.60 Å². The number of hydrogen-bond acceptors (Lipinski definition) is 3. The van der Waals surface area contributed by atoms with Gasteiger partial charge < -0.3 is 14.6 Å². The molecular formula is C8H17NO4S. The summed E-state index contributed by atoms with van der Waals surface area (Å²) in [6.45, 7) is 6.94. The highest BCUT2D eigenvalue weighted by molar-refractivity contribution is 7.79. The zero-order valence-electron chi connectivity index (χ0n) is 8.86. The van der Waals surface area contributed by atoms with E-state index in [9.17, 15) is 9.00 Å². The lowest BCUT2D eigenvalue weighted by Crippen LogP contribution is -2.37. The Morgan fingerprint density at radius 2 is 2.07 bits per heavy atom. The smallest absolute Gasteiger partial charge is 0.407 e.